The molecule has 0 bridgehead atoms. The lowest BCUT2D eigenvalue weighted by Crippen LogP contribution is -2.32. The number of nitrogens with one attached hydrogen (secondary N) is 1. The number of carbonyl (C=O) groups excluding carboxylic acids is 2. The van der Waals surface area contributed by atoms with Gasteiger partial charge in [0, 0.05) is 18.7 Å². The van der Waals surface area contributed by atoms with E-state index >= 15 is 0 Å². The molecular weight excluding hydrogens is 250 g/mol. The number of amides is 1. The summed E-state index contributed by atoms with van der Waals surface area (Å²) in [5.74, 6) is -1.30. The Morgan fingerprint density at radius 3 is 2.74 bits per heavy atom. The van der Waals surface area contributed by atoms with E-state index in [1.807, 2.05) is 0 Å². The highest BCUT2D eigenvalue weighted by Crippen LogP contribution is 2.31. The van der Waals surface area contributed by atoms with Gasteiger partial charge in [-0.2, -0.15) is 0 Å². The Balaban J connectivity index is 2.30. The SMILES string of the molecule is CNCCCN1C(=O)C(=O)c2cc([N+](=O)[O-])ccc21. The van der Waals surface area contributed by atoms with Crippen molar-refractivity contribution in [3.63, 3.8) is 0 Å². The molecule has 19 heavy (non-hydrogen) atoms. The minimum absolute atomic E-state index is 0.114. The fourth-order valence-corrected chi connectivity index (χ4v) is 2.04. The van der Waals surface area contributed by atoms with Crippen molar-refractivity contribution in [2.24, 2.45) is 0 Å². The molecule has 0 saturated heterocycles. The molecule has 0 atom stereocenters. The van der Waals surface area contributed by atoms with Crippen LogP contribution in [0, 0.1) is 10.1 Å². The zero-order chi connectivity index (χ0) is 14.0. The molecule has 1 aromatic rings. The van der Waals surface area contributed by atoms with Crippen LogP contribution in [-0.2, 0) is 4.79 Å². The van der Waals surface area contributed by atoms with Gasteiger partial charge in [-0.15, -0.1) is 0 Å². The molecule has 1 heterocycles. The van der Waals surface area contributed by atoms with E-state index in [2.05, 4.69) is 5.32 Å². The van der Waals surface area contributed by atoms with Crippen LogP contribution in [0.5, 0.6) is 0 Å². The van der Waals surface area contributed by atoms with Gasteiger partial charge in [-0.1, -0.05) is 0 Å². The zero-order valence-electron chi connectivity index (χ0n) is 10.4. The largest absolute Gasteiger partial charge is 0.320 e. The van der Waals surface area contributed by atoms with Crippen LogP contribution in [0.25, 0.3) is 0 Å². The maximum atomic E-state index is 11.8. The van der Waals surface area contributed by atoms with Crippen LogP contribution in [0.4, 0.5) is 11.4 Å². The van der Waals surface area contributed by atoms with Gasteiger partial charge in [0.25, 0.3) is 17.4 Å². The average Bonchev–Trinajstić information content (AvgIpc) is 2.63. The number of anilines is 1. The van der Waals surface area contributed by atoms with Crippen molar-refractivity contribution in [2.45, 2.75) is 6.42 Å². The average molecular weight is 263 g/mol. The fraction of sp³-hybridized carbons (Fsp3) is 0.333. The van der Waals surface area contributed by atoms with Gasteiger partial charge >= 0.3 is 0 Å². The van der Waals surface area contributed by atoms with Crippen molar-refractivity contribution >= 4 is 23.1 Å². The van der Waals surface area contributed by atoms with Gasteiger partial charge in [-0.3, -0.25) is 19.7 Å². The molecule has 0 aromatic heterocycles. The molecule has 0 fully saturated rings. The molecule has 1 aliphatic heterocycles. The number of nitro groups is 1. The predicted molar refractivity (Wildman–Crippen MR) is 68.3 cm³/mol. The number of benzene rings is 1. The summed E-state index contributed by atoms with van der Waals surface area (Å²) in [4.78, 5) is 35.1. The second kappa shape index (κ2) is 5.15. The van der Waals surface area contributed by atoms with Crippen LogP contribution < -0.4 is 10.2 Å². The van der Waals surface area contributed by atoms with E-state index < -0.39 is 16.6 Å². The van der Waals surface area contributed by atoms with Crippen LogP contribution >= 0.6 is 0 Å². The van der Waals surface area contributed by atoms with E-state index in [9.17, 15) is 19.7 Å². The number of hydrogen-bond acceptors (Lipinski definition) is 5. The molecule has 1 aliphatic rings. The second-order valence-electron chi connectivity index (χ2n) is 4.20. The Kier molecular flexibility index (Phi) is 3.57. The molecule has 7 heteroatoms. The van der Waals surface area contributed by atoms with Gasteiger partial charge in [0.15, 0.2) is 0 Å². The number of fused-ring (bicyclic) bond motifs is 1. The first-order valence-electron chi connectivity index (χ1n) is 5.85. The molecule has 1 amide bonds. The molecule has 1 aromatic carbocycles. The summed E-state index contributed by atoms with van der Waals surface area (Å²) < 4.78 is 0. The zero-order valence-corrected chi connectivity index (χ0v) is 10.4. The highest BCUT2D eigenvalue weighted by Gasteiger charge is 2.36. The minimum atomic E-state index is -0.678. The van der Waals surface area contributed by atoms with E-state index in [1.165, 1.54) is 17.0 Å². The van der Waals surface area contributed by atoms with Crippen LogP contribution in [0.2, 0.25) is 0 Å². The van der Waals surface area contributed by atoms with Crippen LogP contribution in [0.3, 0.4) is 0 Å². The van der Waals surface area contributed by atoms with E-state index in [4.69, 9.17) is 0 Å². The number of nitrogens with zero attached hydrogens (tertiary/aromatic N) is 2. The fourth-order valence-electron chi connectivity index (χ4n) is 2.04. The molecule has 0 radical (unpaired) electrons. The van der Waals surface area contributed by atoms with Crippen LogP contribution in [0.1, 0.15) is 16.8 Å². The summed E-state index contributed by atoms with van der Waals surface area (Å²) in [5, 5.41) is 13.6. The third kappa shape index (κ3) is 2.32. The van der Waals surface area contributed by atoms with Crippen LogP contribution in [-0.4, -0.2) is 36.8 Å². The quantitative estimate of drug-likeness (QED) is 0.366. The number of carbonyl (C=O) groups is 2. The first-order valence-corrected chi connectivity index (χ1v) is 5.85. The lowest BCUT2D eigenvalue weighted by Gasteiger charge is -2.15. The molecular formula is C12H13N3O4. The van der Waals surface area contributed by atoms with Gasteiger partial charge in [-0.25, -0.2) is 0 Å². The van der Waals surface area contributed by atoms with Crippen LogP contribution in [0.15, 0.2) is 18.2 Å². The van der Waals surface area contributed by atoms with Gasteiger partial charge < -0.3 is 10.2 Å². The van der Waals surface area contributed by atoms with Crippen molar-refractivity contribution < 1.29 is 14.5 Å². The number of rotatable bonds is 5. The van der Waals surface area contributed by atoms with Gasteiger partial charge in [-0.05, 0) is 26.1 Å². The van der Waals surface area contributed by atoms with Gasteiger partial charge in [0.05, 0.1) is 16.2 Å². The number of non-ortho nitro benzene ring substituents is 1. The Morgan fingerprint density at radius 2 is 2.11 bits per heavy atom. The van der Waals surface area contributed by atoms with E-state index in [0.29, 0.717) is 18.7 Å². The summed E-state index contributed by atoms with van der Waals surface area (Å²) in [6.45, 7) is 1.14. The normalized spacial score (nSPS) is 13.8. The Morgan fingerprint density at radius 1 is 1.37 bits per heavy atom. The monoisotopic (exact) mass is 263 g/mol. The maximum absolute atomic E-state index is 11.8. The summed E-state index contributed by atoms with van der Waals surface area (Å²) in [7, 11) is 1.80. The topological polar surface area (TPSA) is 92.6 Å². The molecule has 0 saturated carbocycles. The lowest BCUT2D eigenvalue weighted by atomic mass is 10.1. The summed E-state index contributed by atoms with van der Waals surface area (Å²) >= 11 is 0. The predicted octanol–water partition coefficient (Wildman–Crippen LogP) is 0.734. The highest BCUT2D eigenvalue weighted by molar-refractivity contribution is 6.52. The summed E-state index contributed by atoms with van der Waals surface area (Å²) in [6.07, 6.45) is 0.700. The number of Topliss-reactive ketones (excluding diaryl/α,β-unsaturated/α-hetero) is 1. The van der Waals surface area contributed by atoms with E-state index in [-0.39, 0.29) is 11.3 Å². The highest BCUT2D eigenvalue weighted by atomic mass is 16.6. The number of nitro benzene ring substituents is 1. The van der Waals surface area contributed by atoms with Crippen molar-refractivity contribution in [3.05, 3.63) is 33.9 Å². The lowest BCUT2D eigenvalue weighted by molar-refractivity contribution is -0.384. The summed E-state index contributed by atoms with van der Waals surface area (Å²) in [6, 6.07) is 3.92. The molecule has 2 rings (SSSR count). The van der Waals surface area contributed by atoms with Crippen molar-refractivity contribution in [3.8, 4) is 0 Å². The van der Waals surface area contributed by atoms with Crippen molar-refractivity contribution in [1.82, 2.24) is 5.32 Å². The summed E-state index contributed by atoms with van der Waals surface area (Å²) in [5.41, 5.74) is 0.386. The smallest absolute Gasteiger partial charge is 0.299 e. The first kappa shape index (κ1) is 13.2. The van der Waals surface area contributed by atoms with Gasteiger partial charge in [0.1, 0.15) is 0 Å². The molecule has 7 nitrogen and oxygen atoms in total. The molecule has 0 spiro atoms. The third-order valence-corrected chi connectivity index (χ3v) is 2.97. The number of hydrogen-bond donors (Lipinski definition) is 1. The first-order chi connectivity index (χ1) is 9.06. The Labute approximate surface area is 109 Å². The standard InChI is InChI=1S/C12H13N3O4/c1-13-5-2-6-14-10-4-3-8(15(18)19)7-9(10)11(16)12(14)17/h3-4,7,13H,2,5-6H2,1H3. The maximum Gasteiger partial charge on any atom is 0.299 e. The molecule has 1 N–H and O–H groups in total. The van der Waals surface area contributed by atoms with Crippen molar-refractivity contribution in [1.29, 1.82) is 0 Å². The molecule has 100 valence electrons. The number of ketones is 1. The Hall–Kier alpha value is -2.28. The Bertz CT molecular complexity index is 556. The molecule has 0 aliphatic carbocycles. The van der Waals surface area contributed by atoms with Crippen molar-refractivity contribution in [2.75, 3.05) is 25.0 Å². The second-order valence-corrected chi connectivity index (χ2v) is 4.20. The third-order valence-electron chi connectivity index (χ3n) is 2.97. The van der Waals surface area contributed by atoms with Gasteiger partial charge in [0.2, 0.25) is 0 Å². The van der Waals surface area contributed by atoms with E-state index in [1.54, 1.807) is 7.05 Å². The molecule has 0 unspecified atom stereocenters. The van der Waals surface area contributed by atoms with E-state index in [0.717, 1.165) is 12.6 Å². The minimum Gasteiger partial charge on any atom is -0.320 e.